The van der Waals surface area contributed by atoms with Crippen LogP contribution in [-0.4, -0.2) is 35.8 Å². The number of alkyl halides is 3. The van der Waals surface area contributed by atoms with Crippen LogP contribution in [0.2, 0.25) is 0 Å². The molecule has 23 heavy (non-hydrogen) atoms. The Balaban J connectivity index is 2.36. The van der Waals surface area contributed by atoms with Gasteiger partial charge in [0.05, 0.1) is 12.8 Å². The molecular weight excluding hydrogens is 335 g/mol. The number of methoxy groups -OCH3 is 1. The third kappa shape index (κ3) is 3.57. The number of rotatable bonds is 6. The highest BCUT2D eigenvalue weighted by Crippen LogP contribution is 2.42. The Hall–Kier alpha value is -1.84. The van der Waals surface area contributed by atoms with Crippen molar-refractivity contribution in [2.24, 2.45) is 0 Å². The van der Waals surface area contributed by atoms with Gasteiger partial charge in [-0.15, -0.1) is 11.3 Å². The number of amides is 1. The van der Waals surface area contributed by atoms with Gasteiger partial charge in [-0.05, 0) is 12.8 Å². The van der Waals surface area contributed by atoms with Crippen LogP contribution in [0.4, 0.5) is 18.3 Å². The normalized spacial score (nSPS) is 17.3. The summed E-state index contributed by atoms with van der Waals surface area (Å²) in [7, 11) is 0.820. The zero-order valence-electron chi connectivity index (χ0n) is 12.5. The number of nitrogens with zero attached hydrogens (tertiary/aromatic N) is 1. The van der Waals surface area contributed by atoms with Crippen molar-refractivity contribution in [1.82, 2.24) is 10.3 Å². The van der Waals surface area contributed by atoms with Crippen molar-refractivity contribution in [3.05, 3.63) is 11.1 Å². The van der Waals surface area contributed by atoms with E-state index in [2.05, 4.69) is 9.72 Å². The summed E-state index contributed by atoms with van der Waals surface area (Å²) < 4.78 is 45.0. The van der Waals surface area contributed by atoms with Crippen molar-refractivity contribution in [1.29, 1.82) is 0 Å². The molecule has 1 aliphatic carbocycles. The Kier molecular flexibility index (Phi) is 4.83. The van der Waals surface area contributed by atoms with Crippen LogP contribution in [0.15, 0.2) is 5.38 Å². The molecule has 1 aliphatic rings. The Morgan fingerprint density at radius 3 is 2.57 bits per heavy atom. The molecule has 1 fully saturated rings. The highest BCUT2D eigenvalue weighted by atomic mass is 32.1. The maximum Gasteiger partial charge on any atom is 0.442 e. The van der Waals surface area contributed by atoms with Gasteiger partial charge in [-0.3, -0.25) is 4.79 Å². The fourth-order valence-electron chi connectivity index (χ4n) is 1.91. The second kappa shape index (κ2) is 6.34. The standard InChI is InChI=1S/C13H16F3N3O3S/c1-3-9(20)18-12(10(21)22-2,13(14,15)16)19-11-17-8(6-23-11)7-4-5-7/h6-7H,3-5H2,1-2H3,(H,17,19)(H,18,20)/t12-/m1/s1. The lowest BCUT2D eigenvalue weighted by molar-refractivity contribution is -0.206. The van der Waals surface area contributed by atoms with Gasteiger partial charge in [0.2, 0.25) is 5.91 Å². The molecule has 0 saturated heterocycles. The largest absolute Gasteiger partial charge is 0.466 e. The van der Waals surface area contributed by atoms with E-state index in [1.165, 1.54) is 6.92 Å². The zero-order valence-corrected chi connectivity index (χ0v) is 13.3. The Morgan fingerprint density at radius 2 is 2.09 bits per heavy atom. The maximum absolute atomic E-state index is 13.6. The number of carbonyl (C=O) groups is 2. The summed E-state index contributed by atoms with van der Waals surface area (Å²) in [6, 6.07) is 0. The number of hydrogen-bond acceptors (Lipinski definition) is 6. The van der Waals surface area contributed by atoms with E-state index in [1.54, 1.807) is 10.7 Å². The van der Waals surface area contributed by atoms with E-state index in [0.29, 0.717) is 5.69 Å². The second-order valence-corrected chi connectivity index (χ2v) is 5.98. The average molecular weight is 351 g/mol. The summed E-state index contributed by atoms with van der Waals surface area (Å²) in [4.78, 5) is 27.4. The lowest BCUT2D eigenvalue weighted by atomic mass is 10.1. The van der Waals surface area contributed by atoms with Crippen molar-refractivity contribution >= 4 is 28.3 Å². The minimum absolute atomic E-state index is 0.106. The number of ether oxygens (including phenoxy) is 1. The molecule has 6 nitrogen and oxygen atoms in total. The van der Waals surface area contributed by atoms with Gasteiger partial charge in [0.25, 0.3) is 0 Å². The molecule has 0 bridgehead atoms. The van der Waals surface area contributed by atoms with Gasteiger partial charge in [-0.1, -0.05) is 6.92 Å². The molecule has 0 aromatic carbocycles. The molecule has 1 heterocycles. The number of anilines is 1. The van der Waals surface area contributed by atoms with E-state index in [9.17, 15) is 22.8 Å². The van der Waals surface area contributed by atoms with Crippen LogP contribution in [0.25, 0.3) is 0 Å². The Morgan fingerprint density at radius 1 is 1.43 bits per heavy atom. The predicted molar refractivity (Wildman–Crippen MR) is 76.9 cm³/mol. The van der Waals surface area contributed by atoms with E-state index in [0.717, 1.165) is 31.3 Å². The fraction of sp³-hybridized carbons (Fsp3) is 0.615. The third-order valence-electron chi connectivity index (χ3n) is 3.38. The summed E-state index contributed by atoms with van der Waals surface area (Å²) in [5.41, 5.74) is -2.69. The van der Waals surface area contributed by atoms with Gasteiger partial charge < -0.3 is 15.4 Å². The first-order valence-electron chi connectivity index (χ1n) is 6.93. The van der Waals surface area contributed by atoms with Crippen LogP contribution in [0.1, 0.15) is 37.8 Å². The Bertz CT molecular complexity index is 601. The minimum atomic E-state index is -5.11. The molecule has 1 aromatic heterocycles. The van der Waals surface area contributed by atoms with Crippen LogP contribution >= 0.6 is 11.3 Å². The van der Waals surface area contributed by atoms with Gasteiger partial charge in [-0.25, -0.2) is 9.78 Å². The van der Waals surface area contributed by atoms with Crippen LogP contribution in [-0.2, 0) is 14.3 Å². The van der Waals surface area contributed by atoms with Gasteiger partial charge in [0.1, 0.15) is 0 Å². The lowest BCUT2D eigenvalue weighted by Crippen LogP contribution is -2.69. The number of hydrogen-bond donors (Lipinski definition) is 2. The number of halogens is 3. The number of esters is 1. The predicted octanol–water partition coefficient (Wildman–Crippen LogP) is 2.39. The maximum atomic E-state index is 13.6. The van der Waals surface area contributed by atoms with Crippen molar-refractivity contribution < 1.29 is 27.5 Å². The van der Waals surface area contributed by atoms with Crippen molar-refractivity contribution in [2.45, 2.75) is 43.9 Å². The fourth-order valence-corrected chi connectivity index (χ4v) is 2.76. The third-order valence-corrected chi connectivity index (χ3v) is 4.15. The second-order valence-electron chi connectivity index (χ2n) is 5.12. The number of nitrogens with one attached hydrogen (secondary N) is 2. The molecule has 0 unspecified atom stereocenters. The number of carbonyl (C=O) groups excluding carboxylic acids is 2. The summed E-state index contributed by atoms with van der Waals surface area (Å²) in [5.74, 6) is -2.35. The molecule has 0 spiro atoms. The van der Waals surface area contributed by atoms with E-state index in [1.807, 2.05) is 5.32 Å². The van der Waals surface area contributed by atoms with Gasteiger partial charge in [0, 0.05) is 17.7 Å². The van der Waals surface area contributed by atoms with Crippen LogP contribution < -0.4 is 10.6 Å². The number of thiazole rings is 1. The van der Waals surface area contributed by atoms with E-state index < -0.39 is 23.7 Å². The van der Waals surface area contributed by atoms with E-state index in [4.69, 9.17) is 0 Å². The summed E-state index contributed by atoms with van der Waals surface area (Å²) >= 11 is 0.942. The molecular formula is C13H16F3N3O3S. The molecule has 2 N–H and O–H groups in total. The first-order valence-corrected chi connectivity index (χ1v) is 7.81. The molecule has 0 aliphatic heterocycles. The smallest absolute Gasteiger partial charge is 0.442 e. The molecule has 10 heteroatoms. The molecule has 0 radical (unpaired) electrons. The molecule has 1 amide bonds. The zero-order chi connectivity index (χ0) is 17.3. The first kappa shape index (κ1) is 17.5. The summed E-state index contributed by atoms with van der Waals surface area (Å²) in [6.07, 6.45) is -3.45. The quantitative estimate of drug-likeness (QED) is 0.608. The van der Waals surface area contributed by atoms with Crippen molar-refractivity contribution in [3.8, 4) is 0 Å². The van der Waals surface area contributed by atoms with Gasteiger partial charge in [0.15, 0.2) is 5.13 Å². The number of aromatic nitrogens is 1. The minimum Gasteiger partial charge on any atom is -0.466 e. The molecule has 2 rings (SSSR count). The van der Waals surface area contributed by atoms with Crippen LogP contribution in [0.5, 0.6) is 0 Å². The average Bonchev–Trinajstić information content (AvgIpc) is 3.24. The van der Waals surface area contributed by atoms with Crippen LogP contribution in [0, 0.1) is 0 Å². The molecule has 1 aromatic rings. The highest BCUT2D eigenvalue weighted by Gasteiger charge is 2.63. The molecule has 128 valence electrons. The van der Waals surface area contributed by atoms with Crippen molar-refractivity contribution in [2.75, 3.05) is 12.4 Å². The summed E-state index contributed by atoms with van der Waals surface area (Å²) in [6.45, 7) is 1.38. The topological polar surface area (TPSA) is 80.3 Å². The molecule has 1 saturated carbocycles. The summed E-state index contributed by atoms with van der Waals surface area (Å²) in [5, 5.41) is 5.25. The lowest BCUT2D eigenvalue weighted by Gasteiger charge is -2.33. The van der Waals surface area contributed by atoms with Crippen LogP contribution in [0.3, 0.4) is 0 Å². The Labute approximate surface area is 134 Å². The highest BCUT2D eigenvalue weighted by molar-refractivity contribution is 7.13. The van der Waals surface area contributed by atoms with Gasteiger partial charge in [-0.2, -0.15) is 13.2 Å². The SMILES string of the molecule is CCC(=O)N[C@@](Nc1nc(C2CC2)cs1)(C(=O)OC)C(F)(F)F. The van der Waals surface area contributed by atoms with E-state index in [-0.39, 0.29) is 17.5 Å². The molecule has 1 atom stereocenters. The van der Waals surface area contributed by atoms with Crippen molar-refractivity contribution in [3.63, 3.8) is 0 Å². The monoisotopic (exact) mass is 351 g/mol. The van der Waals surface area contributed by atoms with Gasteiger partial charge >= 0.3 is 17.8 Å². The first-order chi connectivity index (χ1) is 10.7. The van der Waals surface area contributed by atoms with E-state index >= 15 is 0 Å².